The normalized spacial score (nSPS) is 17.0. The maximum Gasteiger partial charge on any atom is 0.245 e. The monoisotopic (exact) mass is 386 g/mol. The lowest BCUT2D eigenvalue weighted by Gasteiger charge is -2.21. The molecule has 5 rings (SSSR count). The smallest absolute Gasteiger partial charge is 0.245 e. The van der Waals surface area contributed by atoms with Crippen LogP contribution in [0.25, 0.3) is 32.3 Å². The lowest BCUT2D eigenvalue weighted by atomic mass is 9.92. The van der Waals surface area contributed by atoms with Crippen molar-refractivity contribution in [1.82, 2.24) is 0 Å². The molecule has 0 aliphatic carbocycles. The highest BCUT2D eigenvalue weighted by Gasteiger charge is 2.37. The van der Waals surface area contributed by atoms with Gasteiger partial charge >= 0.3 is 0 Å². The van der Waals surface area contributed by atoms with Gasteiger partial charge in [-0.25, -0.2) is 0 Å². The number of fused-ring (bicyclic) bond motifs is 4. The zero-order valence-corrected chi connectivity index (χ0v) is 16.3. The summed E-state index contributed by atoms with van der Waals surface area (Å²) in [5.41, 5.74) is 0.727. The largest absolute Gasteiger partial charge is 0.451 e. The first kappa shape index (κ1) is 18.0. The van der Waals surface area contributed by atoms with Crippen molar-refractivity contribution in [3.05, 3.63) is 83.8 Å². The van der Waals surface area contributed by atoms with E-state index >= 15 is 0 Å². The Hall–Kier alpha value is -3.08. The third kappa shape index (κ3) is 2.92. The zero-order chi connectivity index (χ0) is 20.2. The van der Waals surface area contributed by atoms with Gasteiger partial charge in [-0.1, -0.05) is 54.6 Å². The van der Waals surface area contributed by atoms with Crippen molar-refractivity contribution in [3.63, 3.8) is 0 Å². The molecule has 0 amide bonds. The summed E-state index contributed by atoms with van der Waals surface area (Å²) in [6.45, 7) is 3.19. The Kier molecular flexibility index (Phi) is 4.02. The molecule has 0 aromatic heterocycles. The molecule has 4 heteroatoms. The summed E-state index contributed by atoms with van der Waals surface area (Å²) in [5.74, 6) is -0.384. The summed E-state index contributed by atoms with van der Waals surface area (Å²) in [4.78, 5) is 0. The van der Waals surface area contributed by atoms with Crippen molar-refractivity contribution >= 4 is 32.3 Å². The predicted octanol–water partition coefficient (Wildman–Crippen LogP) is 5.17. The first-order valence-electron chi connectivity index (χ1n) is 9.71. The first-order valence-corrected chi connectivity index (χ1v) is 9.71. The van der Waals surface area contributed by atoms with Gasteiger partial charge < -0.3 is 19.7 Å². The number of rotatable bonds is 3. The molecule has 0 fully saturated rings. The molecule has 29 heavy (non-hydrogen) atoms. The Balaban J connectivity index is 1.77. The zero-order valence-electron chi connectivity index (χ0n) is 16.3. The fraction of sp³-hybridized carbons (Fsp3) is 0.200. The van der Waals surface area contributed by atoms with Gasteiger partial charge in [0.05, 0.1) is 0 Å². The summed E-state index contributed by atoms with van der Waals surface area (Å²) in [7, 11) is 0. The first-order chi connectivity index (χ1) is 14.0. The number of benzene rings is 4. The highest BCUT2D eigenvalue weighted by molar-refractivity contribution is 6.13. The van der Waals surface area contributed by atoms with Gasteiger partial charge in [0, 0.05) is 13.8 Å². The molecule has 4 nitrogen and oxygen atoms in total. The van der Waals surface area contributed by atoms with Gasteiger partial charge in [-0.05, 0) is 50.0 Å². The van der Waals surface area contributed by atoms with Crippen LogP contribution in [0.15, 0.2) is 78.2 Å². The van der Waals surface area contributed by atoms with Crippen molar-refractivity contribution in [3.8, 4) is 0 Å². The van der Waals surface area contributed by atoms with E-state index in [1.54, 1.807) is 13.8 Å². The van der Waals surface area contributed by atoms with Gasteiger partial charge in [-0.15, -0.1) is 0 Å². The summed E-state index contributed by atoms with van der Waals surface area (Å²) in [6.07, 6.45) is -1.04. The maximum atomic E-state index is 11.3. The van der Waals surface area contributed by atoms with Crippen molar-refractivity contribution in [1.29, 1.82) is 0 Å². The van der Waals surface area contributed by atoms with Crippen LogP contribution in [0.5, 0.6) is 0 Å². The molecule has 146 valence electrons. The Labute approximate surface area is 168 Å². The average Bonchev–Trinajstić information content (AvgIpc) is 3.05. The second-order valence-electron chi connectivity index (χ2n) is 7.88. The van der Waals surface area contributed by atoms with E-state index in [4.69, 9.17) is 9.47 Å². The summed E-state index contributed by atoms with van der Waals surface area (Å²) in [6, 6.07) is 22.6. The van der Waals surface area contributed by atoms with E-state index < -0.39 is 11.9 Å². The fourth-order valence-electron chi connectivity index (χ4n) is 4.21. The molecular formula is C25H22O4. The fourth-order valence-corrected chi connectivity index (χ4v) is 4.21. The highest BCUT2D eigenvalue weighted by Crippen LogP contribution is 2.41. The minimum atomic E-state index is -1.04. The van der Waals surface area contributed by atoms with Crippen molar-refractivity contribution < 1.29 is 19.7 Å². The van der Waals surface area contributed by atoms with Crippen LogP contribution >= 0.6 is 0 Å². The van der Waals surface area contributed by atoms with E-state index in [0.717, 1.165) is 32.5 Å². The Morgan fingerprint density at radius 2 is 1.52 bits per heavy atom. The molecule has 0 saturated carbocycles. The third-order valence-electron chi connectivity index (χ3n) is 5.44. The van der Waals surface area contributed by atoms with Crippen LogP contribution in [0.3, 0.4) is 0 Å². The van der Waals surface area contributed by atoms with Crippen LogP contribution in [0.4, 0.5) is 0 Å². The predicted molar refractivity (Wildman–Crippen MR) is 114 cm³/mol. The number of hydrogen-bond donors (Lipinski definition) is 2. The lowest BCUT2D eigenvalue weighted by molar-refractivity contribution is -0.133. The molecule has 1 unspecified atom stereocenters. The van der Waals surface area contributed by atoms with Gasteiger partial charge in [0.1, 0.15) is 12.7 Å². The SMILES string of the molecule is CC1(C)OC(CO)=C(C(O)c2cccc3ccc4cc5ccccc5cc4c23)O1. The van der Waals surface area contributed by atoms with Gasteiger partial charge in [-0.2, -0.15) is 0 Å². The molecule has 4 aromatic carbocycles. The molecule has 0 radical (unpaired) electrons. The summed E-state index contributed by atoms with van der Waals surface area (Å²) >= 11 is 0. The quantitative estimate of drug-likeness (QED) is 0.377. The van der Waals surface area contributed by atoms with E-state index in [9.17, 15) is 10.2 Å². The lowest BCUT2D eigenvalue weighted by Crippen LogP contribution is -2.22. The van der Waals surface area contributed by atoms with Crippen molar-refractivity contribution in [2.45, 2.75) is 25.7 Å². The number of aliphatic hydroxyl groups excluding tert-OH is 2. The molecule has 1 aliphatic rings. The molecule has 4 aromatic rings. The van der Waals surface area contributed by atoms with E-state index in [1.807, 2.05) is 30.3 Å². The van der Waals surface area contributed by atoms with Crippen LogP contribution in [-0.4, -0.2) is 22.6 Å². The second kappa shape index (κ2) is 6.48. The molecule has 1 heterocycles. The van der Waals surface area contributed by atoms with Crippen LogP contribution in [0.2, 0.25) is 0 Å². The minimum absolute atomic E-state index is 0.266. The van der Waals surface area contributed by atoms with Crippen LogP contribution in [0.1, 0.15) is 25.5 Å². The topological polar surface area (TPSA) is 58.9 Å². The molecule has 2 N–H and O–H groups in total. The van der Waals surface area contributed by atoms with Crippen LogP contribution in [-0.2, 0) is 9.47 Å². The van der Waals surface area contributed by atoms with Gasteiger partial charge in [0.15, 0.2) is 11.5 Å². The number of ether oxygens (including phenoxy) is 2. The van der Waals surface area contributed by atoms with Crippen LogP contribution in [0, 0.1) is 0 Å². The van der Waals surface area contributed by atoms with Gasteiger partial charge in [0.2, 0.25) is 5.79 Å². The van der Waals surface area contributed by atoms with Gasteiger partial charge in [0.25, 0.3) is 0 Å². The van der Waals surface area contributed by atoms with Crippen molar-refractivity contribution in [2.75, 3.05) is 6.61 Å². The molecule has 1 aliphatic heterocycles. The Morgan fingerprint density at radius 3 is 2.28 bits per heavy atom. The summed E-state index contributed by atoms with van der Waals surface area (Å²) < 4.78 is 11.5. The number of hydrogen-bond acceptors (Lipinski definition) is 4. The third-order valence-corrected chi connectivity index (χ3v) is 5.44. The molecular weight excluding hydrogens is 364 g/mol. The Morgan fingerprint density at radius 1 is 0.828 bits per heavy atom. The summed E-state index contributed by atoms with van der Waals surface area (Å²) in [5, 5.41) is 27.5. The van der Waals surface area contributed by atoms with E-state index in [1.165, 1.54) is 5.39 Å². The van der Waals surface area contributed by atoms with E-state index in [-0.39, 0.29) is 18.1 Å². The molecule has 0 bridgehead atoms. The molecule has 0 saturated heterocycles. The highest BCUT2D eigenvalue weighted by atomic mass is 16.7. The Bertz CT molecular complexity index is 1290. The molecule has 1 atom stereocenters. The van der Waals surface area contributed by atoms with Crippen LogP contribution < -0.4 is 0 Å². The van der Waals surface area contributed by atoms with Crippen molar-refractivity contribution in [2.24, 2.45) is 0 Å². The second-order valence-corrected chi connectivity index (χ2v) is 7.88. The maximum absolute atomic E-state index is 11.3. The van der Waals surface area contributed by atoms with E-state index in [2.05, 4.69) is 36.4 Å². The van der Waals surface area contributed by atoms with E-state index in [0.29, 0.717) is 0 Å². The molecule has 0 spiro atoms. The average molecular weight is 386 g/mol. The standard InChI is InChI=1S/C25H22O4/c1-25(2)28-21(14-26)24(29-25)23(27)19-9-5-8-15-10-11-18-12-16-6-3-4-7-17(16)13-20(18)22(15)19/h3-13,23,26-27H,14H2,1-2H3. The van der Waals surface area contributed by atoms with Gasteiger partial charge in [-0.3, -0.25) is 0 Å². The number of aliphatic hydroxyl groups is 2. The minimum Gasteiger partial charge on any atom is -0.451 e.